The molecule has 0 spiro atoms. The lowest BCUT2D eigenvalue weighted by atomic mass is 10.0. The van der Waals surface area contributed by atoms with E-state index in [9.17, 15) is 79.0 Å². The van der Waals surface area contributed by atoms with Gasteiger partial charge >= 0.3 is 37.1 Å². The van der Waals surface area contributed by atoms with Gasteiger partial charge in [0.05, 0.1) is 45.7 Å². The van der Waals surface area contributed by atoms with Crippen molar-refractivity contribution in [2.24, 2.45) is 0 Å². The largest absolute Gasteiger partial charge is 1.00 e. The van der Waals surface area contributed by atoms with Crippen LogP contribution in [0.1, 0.15) is 55.6 Å². The van der Waals surface area contributed by atoms with Crippen LogP contribution in [0.4, 0.5) is 79.0 Å². The Balaban J connectivity index is 0.00000504. The minimum atomic E-state index is -4.77. The van der Waals surface area contributed by atoms with Crippen LogP contribution in [-0.2, 0) is 55.8 Å². The molecule has 0 aliphatic heterocycles. The summed E-state index contributed by atoms with van der Waals surface area (Å²) in [4.78, 5) is 0. The smallest absolute Gasteiger partial charge is 0.416 e. The summed E-state index contributed by atoms with van der Waals surface area (Å²) in [5.74, 6) is 0. The van der Waals surface area contributed by atoms with Crippen LogP contribution in [0, 0.1) is 0 Å². The number of alkyl halides is 18. The molecule has 0 fully saturated rings. The SMILES string of the molecule is FC(F)(F)c1ccc([P+](Cc2ccc(Cc3ccc(C[P+](c4ccc(C(F)(F)F)cc4)(c4ccc(C(F)(F)F)cc4)c4ccc(C(F)(F)F)cc4)cc3)cc2)(c2ccc(C(F)(F)F)cc2)c2ccc(C(F)(F)F)cc2)cc1.[Br-].[Br-]. The lowest BCUT2D eigenvalue weighted by molar-refractivity contribution is -0.138. The van der Waals surface area contributed by atoms with Crippen molar-refractivity contribution < 1.29 is 113 Å². The first-order valence-electron chi connectivity index (χ1n) is 22.9. The van der Waals surface area contributed by atoms with E-state index in [1.54, 1.807) is 48.5 Å². The van der Waals surface area contributed by atoms with Crippen LogP contribution in [0.5, 0.6) is 0 Å². The Morgan fingerprint density at radius 3 is 0.481 bits per heavy atom. The Kier molecular flexibility index (Phi) is 18.5. The zero-order valence-electron chi connectivity index (χ0n) is 40.1. The molecule has 22 heteroatoms. The third-order valence-electron chi connectivity index (χ3n) is 13.1. The molecule has 0 unspecified atom stereocenters. The molecule has 0 amide bonds. The van der Waals surface area contributed by atoms with Gasteiger partial charge in [-0.15, -0.1) is 0 Å². The number of hydrogen-bond acceptors (Lipinski definition) is 0. The van der Waals surface area contributed by atoms with Crippen molar-refractivity contribution in [2.75, 3.05) is 0 Å². The summed E-state index contributed by atoms with van der Waals surface area (Å²) in [5, 5.41) is 1.39. The molecule has 0 N–H and O–H groups in total. The second-order valence-corrected chi connectivity index (χ2v) is 25.0. The molecule has 0 heterocycles. The lowest BCUT2D eigenvalue weighted by Crippen LogP contribution is -3.00. The van der Waals surface area contributed by atoms with E-state index in [0.29, 0.717) is 22.3 Å². The van der Waals surface area contributed by atoms with E-state index in [4.69, 9.17) is 0 Å². The molecule has 0 saturated carbocycles. The first kappa shape index (κ1) is 62.5. The molecule has 0 aliphatic carbocycles. The van der Waals surface area contributed by atoms with Gasteiger partial charge in [0.25, 0.3) is 0 Å². The molecule has 0 aliphatic rings. The first-order chi connectivity index (χ1) is 35.9. The van der Waals surface area contributed by atoms with Gasteiger partial charge in [0, 0.05) is 0 Å². The highest BCUT2D eigenvalue weighted by molar-refractivity contribution is 7.95. The fourth-order valence-corrected chi connectivity index (χ4v) is 17.5. The van der Waals surface area contributed by atoms with Gasteiger partial charge in [-0.1, -0.05) is 48.5 Å². The molecule has 8 rings (SSSR count). The summed E-state index contributed by atoms with van der Waals surface area (Å²) in [6.45, 7) is 0. The van der Waals surface area contributed by atoms with E-state index in [-0.39, 0.29) is 84.5 Å². The maximum atomic E-state index is 13.8. The van der Waals surface area contributed by atoms with E-state index in [0.717, 1.165) is 72.8 Å². The fourth-order valence-electron chi connectivity index (χ4n) is 9.18. The molecule has 0 nitrogen and oxygen atoms in total. The second-order valence-electron chi connectivity index (χ2n) is 18.0. The molecule has 416 valence electrons. The van der Waals surface area contributed by atoms with E-state index in [2.05, 4.69) is 0 Å². The predicted molar refractivity (Wildman–Crippen MR) is 263 cm³/mol. The monoisotopic (exact) mass is 1280 g/mol. The van der Waals surface area contributed by atoms with Gasteiger partial charge in [0.15, 0.2) is 0 Å². The van der Waals surface area contributed by atoms with Gasteiger partial charge in [0.1, 0.15) is 46.4 Å². The molecule has 8 aromatic carbocycles. The Morgan fingerprint density at radius 2 is 0.342 bits per heavy atom. The summed E-state index contributed by atoms with van der Waals surface area (Å²) >= 11 is 0. The second kappa shape index (κ2) is 23.4. The highest BCUT2D eigenvalue weighted by Crippen LogP contribution is 2.60. The Bertz CT molecular complexity index is 2770. The maximum Gasteiger partial charge on any atom is 0.416 e. The average molecular weight is 1290 g/mol. The van der Waals surface area contributed by atoms with Gasteiger partial charge in [-0.2, -0.15) is 79.0 Å². The van der Waals surface area contributed by atoms with Crippen LogP contribution >= 0.6 is 14.5 Å². The third kappa shape index (κ3) is 13.9. The molecule has 79 heavy (non-hydrogen) atoms. The first-order valence-corrected chi connectivity index (χ1v) is 26.8. The van der Waals surface area contributed by atoms with E-state index >= 15 is 0 Å². The molecule has 0 radical (unpaired) electrons. The Labute approximate surface area is 462 Å². The van der Waals surface area contributed by atoms with Crippen LogP contribution < -0.4 is 65.8 Å². The average Bonchev–Trinajstić information content (AvgIpc) is 3.43. The van der Waals surface area contributed by atoms with Crippen LogP contribution in [0.3, 0.4) is 0 Å². The summed E-state index contributed by atoms with van der Waals surface area (Å²) in [7, 11) is -6.89. The van der Waals surface area contributed by atoms with Gasteiger partial charge in [-0.3, -0.25) is 0 Å². The van der Waals surface area contributed by atoms with Crippen molar-refractivity contribution in [3.63, 3.8) is 0 Å². The molecule has 0 saturated heterocycles. The van der Waals surface area contributed by atoms with Gasteiger partial charge in [-0.05, 0) is 174 Å². The molecular weight excluding hydrogens is 1250 g/mol. The minimum Gasteiger partial charge on any atom is -1.00 e. The van der Waals surface area contributed by atoms with Gasteiger partial charge in [-0.25, -0.2) is 0 Å². The molecule has 0 aromatic heterocycles. The zero-order valence-corrected chi connectivity index (χ0v) is 45.0. The molecular formula is C57H38Br2F18P2. The van der Waals surface area contributed by atoms with Crippen molar-refractivity contribution in [3.05, 3.63) is 250 Å². The highest BCUT2D eigenvalue weighted by atomic mass is 79.9. The summed E-state index contributed by atoms with van der Waals surface area (Å²) in [5.41, 5.74) is -3.78. The summed E-state index contributed by atoms with van der Waals surface area (Å²) < 4.78 is 249. The van der Waals surface area contributed by atoms with Crippen LogP contribution in [-0.4, -0.2) is 0 Å². The molecule has 0 bridgehead atoms. The van der Waals surface area contributed by atoms with E-state index < -0.39 is 85.0 Å². The fraction of sp³-hybridized carbons (Fsp3) is 0.158. The van der Waals surface area contributed by atoms with Crippen molar-refractivity contribution in [2.45, 2.75) is 55.8 Å². The molecule has 0 atom stereocenters. The van der Waals surface area contributed by atoms with Crippen LogP contribution in [0.2, 0.25) is 0 Å². The number of rotatable bonds is 12. The Hall–Kier alpha value is -5.68. The minimum absolute atomic E-state index is 0. The Morgan fingerprint density at radius 1 is 0.203 bits per heavy atom. The normalized spacial score (nSPS) is 12.9. The van der Waals surface area contributed by atoms with Gasteiger partial charge in [0.2, 0.25) is 0 Å². The quantitative estimate of drug-likeness (QED) is 0.0845. The predicted octanol–water partition coefficient (Wildman–Crippen LogP) is 10.4. The number of benzene rings is 8. The van der Waals surface area contributed by atoms with Crippen LogP contribution in [0.15, 0.2) is 194 Å². The number of hydrogen-bond donors (Lipinski definition) is 0. The molecule has 8 aromatic rings. The topological polar surface area (TPSA) is 0 Å². The standard InChI is InChI=1S/C57H38F18P2.2BrH/c58-52(59,60)40-9-21-46(22-10-40)76(47-23-11-41(12-24-47)53(61,62)63,48-25-13-42(14-26-48)54(64,65)66)34-38-5-1-36(2-6-38)33-37-3-7-39(8-4-37)35-77(49-27-15-43(16-28-49)55(67,68)69,50-29-17-44(18-30-50)56(70,71)72)51-31-19-45(20-32-51)57(73,74)75;;/h1-32H,33-35H2;2*1H/q+2;;/p-2. The highest BCUT2D eigenvalue weighted by Gasteiger charge is 2.49. The number of halogens is 20. The maximum absolute atomic E-state index is 13.8. The van der Waals surface area contributed by atoms with Crippen molar-refractivity contribution in [1.29, 1.82) is 0 Å². The zero-order chi connectivity index (χ0) is 56.0. The van der Waals surface area contributed by atoms with Crippen molar-refractivity contribution in [3.8, 4) is 0 Å². The van der Waals surface area contributed by atoms with Crippen LogP contribution in [0.25, 0.3) is 0 Å². The lowest BCUT2D eigenvalue weighted by Gasteiger charge is -2.29. The van der Waals surface area contributed by atoms with E-state index in [1.807, 2.05) is 0 Å². The van der Waals surface area contributed by atoms with E-state index in [1.165, 1.54) is 72.8 Å². The summed E-state index contributed by atoms with van der Waals surface area (Å²) in [6.07, 6.45) is -28.5. The van der Waals surface area contributed by atoms with Crippen molar-refractivity contribution in [1.82, 2.24) is 0 Å². The van der Waals surface area contributed by atoms with Gasteiger partial charge < -0.3 is 34.0 Å². The summed E-state index contributed by atoms with van der Waals surface area (Å²) in [6, 6.07) is 37.2. The third-order valence-corrected chi connectivity index (χ3v) is 21.9. The van der Waals surface area contributed by atoms with Crippen molar-refractivity contribution >= 4 is 46.4 Å².